The first-order valence-corrected chi connectivity index (χ1v) is 10.1. The average Bonchev–Trinajstić information content (AvgIpc) is 3.15. The lowest BCUT2D eigenvalue weighted by Gasteiger charge is -2.06. The van der Waals surface area contributed by atoms with Crippen molar-refractivity contribution in [2.45, 2.75) is 13.3 Å². The van der Waals surface area contributed by atoms with E-state index < -0.39 is 0 Å². The topological polar surface area (TPSA) is 77.8 Å². The third-order valence-electron chi connectivity index (χ3n) is 5.30. The summed E-state index contributed by atoms with van der Waals surface area (Å²) >= 11 is 0. The molecule has 32 heavy (non-hydrogen) atoms. The third kappa shape index (κ3) is 4.34. The van der Waals surface area contributed by atoms with E-state index in [1.807, 2.05) is 37.3 Å². The van der Waals surface area contributed by atoms with Crippen molar-refractivity contribution in [3.8, 4) is 11.5 Å². The van der Waals surface area contributed by atoms with E-state index in [4.69, 9.17) is 13.9 Å². The van der Waals surface area contributed by atoms with Crippen molar-refractivity contribution in [1.82, 2.24) is 0 Å². The maximum absolute atomic E-state index is 12.9. The van der Waals surface area contributed by atoms with Crippen molar-refractivity contribution in [3.05, 3.63) is 89.2 Å². The van der Waals surface area contributed by atoms with E-state index in [0.717, 1.165) is 22.3 Å². The Morgan fingerprint density at radius 2 is 1.50 bits per heavy atom. The zero-order valence-corrected chi connectivity index (χ0v) is 18.1. The third-order valence-corrected chi connectivity index (χ3v) is 5.30. The number of carbonyl (C=O) groups excluding carboxylic acids is 2. The predicted octanol–water partition coefficient (Wildman–Crippen LogP) is 5.17. The molecule has 1 N–H and O–H groups in total. The number of benzene rings is 3. The summed E-state index contributed by atoms with van der Waals surface area (Å²) in [5, 5.41) is 3.69. The van der Waals surface area contributed by atoms with Crippen LogP contribution in [0.15, 0.2) is 71.1 Å². The molecule has 162 valence electrons. The molecule has 0 saturated heterocycles. The van der Waals surface area contributed by atoms with Crippen LogP contribution in [0.25, 0.3) is 11.0 Å². The van der Waals surface area contributed by atoms with Crippen LogP contribution in [0.1, 0.15) is 27.2 Å². The molecule has 0 aliphatic rings. The standard InChI is InChI=1S/C26H23NO5/c1-16-22-15-19(27-24(28)14-17-4-9-20(30-2)10-5-17)8-13-23(22)32-26(16)25(29)18-6-11-21(31-3)12-7-18/h4-13,15H,14H2,1-3H3,(H,27,28). The van der Waals surface area contributed by atoms with Crippen molar-refractivity contribution in [3.63, 3.8) is 0 Å². The van der Waals surface area contributed by atoms with Gasteiger partial charge < -0.3 is 19.2 Å². The molecule has 0 bridgehead atoms. The maximum atomic E-state index is 12.9. The summed E-state index contributed by atoms with van der Waals surface area (Å²) < 4.78 is 16.1. The van der Waals surface area contributed by atoms with Crippen LogP contribution in [0.3, 0.4) is 0 Å². The van der Waals surface area contributed by atoms with Crippen LogP contribution in [0, 0.1) is 6.92 Å². The van der Waals surface area contributed by atoms with Crippen LogP contribution in [-0.2, 0) is 11.2 Å². The molecule has 1 amide bonds. The number of fused-ring (bicyclic) bond motifs is 1. The van der Waals surface area contributed by atoms with Crippen molar-refractivity contribution in [1.29, 1.82) is 0 Å². The fraction of sp³-hybridized carbons (Fsp3) is 0.154. The van der Waals surface area contributed by atoms with Gasteiger partial charge in [0.25, 0.3) is 0 Å². The molecule has 1 heterocycles. The highest BCUT2D eigenvalue weighted by atomic mass is 16.5. The second-order valence-corrected chi connectivity index (χ2v) is 7.40. The Balaban J connectivity index is 1.52. The molecule has 0 fully saturated rings. The number of carbonyl (C=O) groups is 2. The van der Waals surface area contributed by atoms with Crippen LogP contribution in [0.4, 0.5) is 5.69 Å². The van der Waals surface area contributed by atoms with Crippen molar-refractivity contribution >= 4 is 28.3 Å². The molecule has 0 aliphatic heterocycles. The number of ketones is 1. The number of anilines is 1. The highest BCUT2D eigenvalue weighted by molar-refractivity contribution is 6.11. The lowest BCUT2D eigenvalue weighted by molar-refractivity contribution is -0.115. The van der Waals surface area contributed by atoms with Crippen molar-refractivity contribution in [2.24, 2.45) is 0 Å². The molecule has 3 aromatic carbocycles. The van der Waals surface area contributed by atoms with Crippen LogP contribution >= 0.6 is 0 Å². The van der Waals surface area contributed by atoms with Crippen LogP contribution < -0.4 is 14.8 Å². The van der Waals surface area contributed by atoms with Gasteiger partial charge in [0, 0.05) is 22.2 Å². The van der Waals surface area contributed by atoms with E-state index in [-0.39, 0.29) is 23.9 Å². The van der Waals surface area contributed by atoms with Crippen molar-refractivity contribution in [2.75, 3.05) is 19.5 Å². The molecule has 0 unspecified atom stereocenters. The quantitative estimate of drug-likeness (QED) is 0.410. The molecule has 4 aromatic rings. The minimum atomic E-state index is -0.202. The Labute approximate surface area is 185 Å². The number of rotatable bonds is 7. The lowest BCUT2D eigenvalue weighted by atomic mass is 10.0. The first-order chi connectivity index (χ1) is 15.5. The zero-order chi connectivity index (χ0) is 22.7. The van der Waals surface area contributed by atoms with Crippen molar-refractivity contribution < 1.29 is 23.5 Å². The molecule has 6 heteroatoms. The Morgan fingerprint density at radius 1 is 0.875 bits per heavy atom. The van der Waals surface area contributed by atoms with Gasteiger partial charge in [0.2, 0.25) is 11.7 Å². The van der Waals surface area contributed by atoms with Gasteiger partial charge in [0.15, 0.2) is 5.76 Å². The smallest absolute Gasteiger partial charge is 0.228 e. The lowest BCUT2D eigenvalue weighted by Crippen LogP contribution is -2.14. The summed E-state index contributed by atoms with van der Waals surface area (Å²) in [4.78, 5) is 25.4. The van der Waals surface area contributed by atoms with E-state index in [1.165, 1.54) is 0 Å². The minimum absolute atomic E-state index is 0.134. The van der Waals surface area contributed by atoms with Crippen LogP contribution in [-0.4, -0.2) is 25.9 Å². The molecule has 0 spiro atoms. The number of furan rings is 1. The molecule has 0 saturated carbocycles. The summed E-state index contributed by atoms with van der Waals surface area (Å²) in [6, 6.07) is 19.6. The summed E-state index contributed by atoms with van der Waals surface area (Å²) in [5.41, 5.74) is 3.36. The van der Waals surface area contributed by atoms with Gasteiger partial charge in [-0.2, -0.15) is 0 Å². The first kappa shape index (κ1) is 21.2. The number of nitrogens with one attached hydrogen (secondary N) is 1. The van der Waals surface area contributed by atoms with Crippen LogP contribution in [0.5, 0.6) is 11.5 Å². The second-order valence-electron chi connectivity index (χ2n) is 7.40. The molecule has 0 atom stereocenters. The normalized spacial score (nSPS) is 10.7. The highest BCUT2D eigenvalue weighted by Gasteiger charge is 2.20. The number of ether oxygens (including phenoxy) is 2. The van der Waals surface area contributed by atoms with E-state index in [9.17, 15) is 9.59 Å². The van der Waals surface area contributed by atoms with E-state index in [1.54, 1.807) is 50.6 Å². The molecular weight excluding hydrogens is 406 g/mol. The van der Waals surface area contributed by atoms with Gasteiger partial charge in [0.05, 0.1) is 20.6 Å². The molecule has 4 rings (SSSR count). The Hall–Kier alpha value is -4.06. The Morgan fingerprint density at radius 3 is 2.12 bits per heavy atom. The largest absolute Gasteiger partial charge is 0.497 e. The molecule has 0 radical (unpaired) electrons. The van der Waals surface area contributed by atoms with E-state index >= 15 is 0 Å². The fourth-order valence-electron chi connectivity index (χ4n) is 3.52. The van der Waals surface area contributed by atoms with Crippen LogP contribution in [0.2, 0.25) is 0 Å². The number of aryl methyl sites for hydroxylation is 1. The number of amides is 1. The molecule has 1 aromatic heterocycles. The van der Waals surface area contributed by atoms with Gasteiger partial charge >= 0.3 is 0 Å². The Bertz CT molecular complexity index is 1270. The molecular formula is C26H23NO5. The number of hydrogen-bond donors (Lipinski definition) is 1. The van der Waals surface area contributed by atoms with Gasteiger partial charge in [-0.15, -0.1) is 0 Å². The zero-order valence-electron chi connectivity index (χ0n) is 18.1. The Kier molecular flexibility index (Phi) is 5.94. The van der Waals surface area contributed by atoms with E-state index in [2.05, 4.69) is 5.32 Å². The fourth-order valence-corrected chi connectivity index (χ4v) is 3.52. The molecule has 6 nitrogen and oxygen atoms in total. The summed E-state index contributed by atoms with van der Waals surface area (Å²) in [6.45, 7) is 1.84. The number of hydrogen-bond acceptors (Lipinski definition) is 5. The first-order valence-electron chi connectivity index (χ1n) is 10.1. The average molecular weight is 429 g/mol. The SMILES string of the molecule is COc1ccc(CC(=O)Nc2ccc3oc(C(=O)c4ccc(OC)cc4)c(C)c3c2)cc1. The monoisotopic (exact) mass is 429 g/mol. The summed E-state index contributed by atoms with van der Waals surface area (Å²) in [5.74, 6) is 1.37. The number of methoxy groups -OCH3 is 2. The van der Waals surface area contributed by atoms with Gasteiger partial charge in [-0.05, 0) is 67.1 Å². The van der Waals surface area contributed by atoms with E-state index in [0.29, 0.717) is 22.6 Å². The summed E-state index contributed by atoms with van der Waals surface area (Å²) in [6.07, 6.45) is 0.244. The van der Waals surface area contributed by atoms with Gasteiger partial charge in [0.1, 0.15) is 17.1 Å². The van der Waals surface area contributed by atoms with Gasteiger partial charge in [-0.25, -0.2) is 0 Å². The minimum Gasteiger partial charge on any atom is -0.497 e. The molecule has 0 aliphatic carbocycles. The van der Waals surface area contributed by atoms with Gasteiger partial charge in [-0.1, -0.05) is 12.1 Å². The highest BCUT2D eigenvalue weighted by Crippen LogP contribution is 2.30. The predicted molar refractivity (Wildman–Crippen MR) is 123 cm³/mol. The summed E-state index contributed by atoms with van der Waals surface area (Å²) in [7, 11) is 3.18. The van der Waals surface area contributed by atoms with Gasteiger partial charge in [-0.3, -0.25) is 9.59 Å². The second kappa shape index (κ2) is 8.98. The maximum Gasteiger partial charge on any atom is 0.228 e.